The minimum absolute atomic E-state index is 0. The molecular formula is C30H16N5Na5O18S5. The number of aromatic hydroxyl groups is 3. The quantitative estimate of drug-likeness (QED) is 0.0379. The largest absolute Gasteiger partial charge is 1.00 e. The number of phenolic OH excluding ortho intramolecular Hbond substituents is 3. The fourth-order valence-electron chi connectivity index (χ4n) is 5.14. The molecule has 6 rings (SSSR count). The Kier molecular flexibility index (Phi) is 26.4. The van der Waals surface area contributed by atoms with Gasteiger partial charge in [-0.05, 0) is 53.9 Å². The van der Waals surface area contributed by atoms with Crippen LogP contribution in [0.3, 0.4) is 0 Å². The number of nitrogens with zero attached hydrogens (tertiary/aromatic N) is 4. The average molecular weight is 1010 g/mol. The summed E-state index contributed by atoms with van der Waals surface area (Å²) in [7, 11) is -22.1. The van der Waals surface area contributed by atoms with Gasteiger partial charge in [-0.1, -0.05) is 0 Å². The molecule has 0 unspecified atom stereocenters. The van der Waals surface area contributed by atoms with Crippen molar-refractivity contribution in [1.82, 2.24) is 0 Å². The topological polar surface area (TPSA) is 410 Å². The van der Waals surface area contributed by atoms with Crippen LogP contribution in [0.4, 0.5) is 28.4 Å². The molecule has 0 saturated heterocycles. The predicted molar refractivity (Wildman–Crippen MR) is 191 cm³/mol. The number of nitrogen functional groups attached to an aromatic ring is 1. The summed E-state index contributed by atoms with van der Waals surface area (Å²) in [5, 5.41) is 46.7. The number of nitrogens with two attached hydrogens (primary N) is 1. The van der Waals surface area contributed by atoms with E-state index in [2.05, 4.69) is 32.6 Å². The summed E-state index contributed by atoms with van der Waals surface area (Å²) in [6.07, 6.45) is 0. The maximum atomic E-state index is 12.4. The minimum Gasteiger partial charge on any atom is -0.744 e. The molecule has 6 aromatic carbocycles. The van der Waals surface area contributed by atoms with E-state index in [0.29, 0.717) is 17.5 Å². The summed E-state index contributed by atoms with van der Waals surface area (Å²) in [6, 6.07) is 17.1. The second-order valence-electron chi connectivity index (χ2n) is 10.8. The van der Waals surface area contributed by atoms with Crippen molar-refractivity contribution in [2.45, 2.75) is 14.7 Å². The van der Waals surface area contributed by atoms with Gasteiger partial charge in [0.25, 0.3) is 0 Å². The number of hydrogen-bond donors (Lipinski definition) is 4. The SMILES string of the molecule is Nc1ccc(N=Nc2ccc(S(=O)(=O)[O-])c3cc(S(=O)(=O)[O-])cc(O)c23)c2cc(S(=O)(=O)[O-])c(N=Nc3cc[c-]c4c[c-]cc(O)c34)c(O)c12.O=S(=O)=O.O=S(=O)=O.[Na+].[Na+].[Na+].[Na+].[Na+]. The van der Waals surface area contributed by atoms with Gasteiger partial charge in [-0.15, -0.1) is 46.7 Å². The molecule has 0 spiro atoms. The summed E-state index contributed by atoms with van der Waals surface area (Å²) in [5.74, 6) is -2.12. The van der Waals surface area contributed by atoms with Crippen molar-refractivity contribution in [3.05, 3.63) is 78.9 Å². The van der Waals surface area contributed by atoms with Crippen LogP contribution in [0.15, 0.2) is 102 Å². The molecule has 0 amide bonds. The zero-order valence-corrected chi connectivity index (χ0v) is 46.8. The first kappa shape index (κ1) is 63.6. The Labute approximate surface area is 469 Å². The maximum Gasteiger partial charge on any atom is 1.00 e. The Hall–Kier alpha value is -1.53. The van der Waals surface area contributed by atoms with E-state index in [0.717, 1.165) is 18.2 Å². The van der Waals surface area contributed by atoms with Gasteiger partial charge in [0, 0.05) is 16.5 Å². The molecule has 0 saturated carbocycles. The molecule has 5 N–H and O–H groups in total. The summed E-state index contributed by atoms with van der Waals surface area (Å²) in [5.41, 5.74) is 4.57. The smallest absolute Gasteiger partial charge is 0.744 e. The van der Waals surface area contributed by atoms with Crippen molar-refractivity contribution in [3.63, 3.8) is 0 Å². The van der Waals surface area contributed by atoms with Gasteiger partial charge in [0.05, 0.1) is 36.8 Å². The van der Waals surface area contributed by atoms with Gasteiger partial charge < -0.3 is 34.7 Å². The molecule has 0 fully saturated rings. The standard InChI is InChI=1S/C30H19N5O12S3.5Na.2O3S/c31-18-7-8-19(32-33-21-9-10-24(49(42,43)44)17-11-15(48(39,40)41)12-23(37)28(17)21)16-13-25(50(45,46)47)29(30(38)27(16)18)35-34-20-5-1-3-14-4-2-6-22(36)26(14)20;;;;;;2*1-4(2)3/h1,4-13,36-38H,31H2,(H,39,40,41)(H,42,43,44)(H,45,46,47);;;;;;;/q-2;5*+1;;/p-3. The van der Waals surface area contributed by atoms with Crippen molar-refractivity contribution in [1.29, 1.82) is 0 Å². The number of hydrogen-bond acceptors (Lipinski definition) is 23. The third-order valence-electron chi connectivity index (χ3n) is 7.29. The van der Waals surface area contributed by atoms with Crippen molar-refractivity contribution >= 4 is 112 Å². The van der Waals surface area contributed by atoms with Gasteiger partial charge in [0.1, 0.15) is 41.8 Å². The van der Waals surface area contributed by atoms with Crippen LogP contribution in [0.25, 0.3) is 32.3 Å². The number of anilines is 1. The molecule has 6 aromatic rings. The number of rotatable bonds is 7. The molecule has 0 aliphatic rings. The number of azo groups is 2. The molecule has 0 atom stereocenters. The summed E-state index contributed by atoms with van der Waals surface area (Å²) < 4.78 is 158. The van der Waals surface area contributed by atoms with Crippen LogP contribution in [0.2, 0.25) is 0 Å². The minimum atomic E-state index is -5.40. The molecule has 0 aromatic heterocycles. The van der Waals surface area contributed by atoms with Gasteiger partial charge in [-0.25, -0.2) is 42.8 Å². The first-order valence-corrected chi connectivity index (χ1v) is 20.7. The van der Waals surface area contributed by atoms with Crippen LogP contribution >= 0.6 is 0 Å². The second kappa shape index (κ2) is 26.1. The fourth-order valence-corrected chi connectivity index (χ4v) is 6.96. The second-order valence-corrected chi connectivity index (χ2v) is 15.7. The predicted octanol–water partition coefficient (Wildman–Crippen LogP) is -12.0. The Bertz CT molecular complexity index is 3300. The molecule has 304 valence electrons. The van der Waals surface area contributed by atoms with Gasteiger partial charge in [0.15, 0.2) is 5.75 Å². The Balaban J connectivity index is 0. The monoisotopic (exact) mass is 1010 g/mol. The van der Waals surface area contributed by atoms with Crippen molar-refractivity contribution in [2.24, 2.45) is 20.5 Å². The Morgan fingerprint density at radius 3 is 1.60 bits per heavy atom. The van der Waals surface area contributed by atoms with Gasteiger partial charge in [-0.2, -0.15) is 22.6 Å². The summed E-state index contributed by atoms with van der Waals surface area (Å²) in [4.78, 5) is -3.09. The molecular weight excluding hydrogens is 994 g/mol. The first-order chi connectivity index (χ1) is 26.8. The van der Waals surface area contributed by atoms with Crippen LogP contribution in [-0.4, -0.2) is 79.5 Å². The zero-order valence-electron chi connectivity index (χ0n) is 32.7. The van der Waals surface area contributed by atoms with Crippen molar-refractivity contribution < 1.29 is 227 Å². The van der Waals surface area contributed by atoms with Crippen LogP contribution in [0, 0.1) is 12.1 Å². The molecule has 23 nitrogen and oxygen atoms in total. The molecule has 33 heteroatoms. The number of fused-ring (bicyclic) bond motifs is 3. The van der Waals surface area contributed by atoms with E-state index in [-0.39, 0.29) is 192 Å². The normalized spacial score (nSPS) is 11.0. The summed E-state index contributed by atoms with van der Waals surface area (Å²) in [6.45, 7) is 0. The molecule has 0 aliphatic carbocycles. The maximum absolute atomic E-state index is 12.4. The zero-order chi connectivity index (χ0) is 43.5. The molecule has 63 heavy (non-hydrogen) atoms. The van der Waals surface area contributed by atoms with E-state index in [1.54, 1.807) is 0 Å². The first-order valence-electron chi connectivity index (χ1n) is 14.5. The number of benzene rings is 6. The third kappa shape index (κ3) is 16.3. The molecule has 0 aliphatic heterocycles. The van der Waals surface area contributed by atoms with E-state index in [9.17, 15) is 54.2 Å². The van der Waals surface area contributed by atoms with E-state index in [1.165, 1.54) is 36.4 Å². The number of phenols is 3. The Morgan fingerprint density at radius 1 is 0.556 bits per heavy atom. The van der Waals surface area contributed by atoms with Crippen LogP contribution in [-0.2, 0) is 51.6 Å². The molecule has 0 bridgehead atoms. The summed E-state index contributed by atoms with van der Waals surface area (Å²) >= 11 is 0. The van der Waals surface area contributed by atoms with Gasteiger partial charge in [-0.3, -0.25) is 6.07 Å². The van der Waals surface area contributed by atoms with Gasteiger partial charge >= 0.3 is 169 Å². The van der Waals surface area contributed by atoms with E-state index in [1.807, 2.05) is 0 Å². The van der Waals surface area contributed by atoms with Crippen molar-refractivity contribution in [2.75, 3.05) is 5.73 Å². The molecule has 0 heterocycles. The van der Waals surface area contributed by atoms with Crippen molar-refractivity contribution in [3.8, 4) is 17.2 Å². The average Bonchev–Trinajstić information content (AvgIpc) is 3.08. The molecule has 0 radical (unpaired) electrons. The fraction of sp³-hybridized carbons (Fsp3) is 0. The van der Waals surface area contributed by atoms with Gasteiger partial charge in [0.2, 0.25) is 0 Å². The third-order valence-corrected chi connectivity index (χ3v) is 9.85. The van der Waals surface area contributed by atoms with E-state index >= 15 is 0 Å². The van der Waals surface area contributed by atoms with Crippen LogP contribution < -0.4 is 154 Å². The Morgan fingerprint density at radius 2 is 1.06 bits per heavy atom. The van der Waals surface area contributed by atoms with E-state index < -0.39 is 94.2 Å². The van der Waals surface area contributed by atoms with Crippen LogP contribution in [0.1, 0.15) is 0 Å². The van der Waals surface area contributed by atoms with Crippen LogP contribution in [0.5, 0.6) is 17.2 Å². The van der Waals surface area contributed by atoms with E-state index in [4.69, 9.17) is 31.0 Å².